The van der Waals surface area contributed by atoms with E-state index in [2.05, 4.69) is 15.3 Å². The Morgan fingerprint density at radius 2 is 2.35 bits per heavy atom. The number of rotatable bonds is 4. The Bertz CT molecular complexity index is 778. The molecule has 3 rings (SSSR count). The van der Waals surface area contributed by atoms with Crippen molar-refractivity contribution in [3.8, 4) is 5.75 Å². The van der Waals surface area contributed by atoms with E-state index < -0.39 is 22.6 Å². The van der Waals surface area contributed by atoms with Crippen LogP contribution >= 0.6 is 11.3 Å². The molecule has 0 atom stereocenters. The van der Waals surface area contributed by atoms with Crippen LogP contribution in [-0.4, -0.2) is 39.9 Å². The van der Waals surface area contributed by atoms with Crippen LogP contribution in [0.15, 0.2) is 23.7 Å². The molecule has 2 amide bonds. The van der Waals surface area contributed by atoms with Gasteiger partial charge in [-0.15, -0.1) is 11.3 Å². The SMILES string of the molecule is O=C(CN1C(=O)COc2ccc([N+](=O)[O-])nc21)Nc1nccs1. The molecule has 0 spiro atoms. The first-order valence-electron chi connectivity index (χ1n) is 6.32. The molecule has 0 aliphatic carbocycles. The molecule has 2 aromatic rings. The minimum absolute atomic E-state index is 0.0512. The number of aromatic nitrogens is 2. The smallest absolute Gasteiger partial charge is 0.366 e. The molecular formula is C12H9N5O5S. The molecule has 1 N–H and O–H groups in total. The van der Waals surface area contributed by atoms with Crippen LogP contribution in [0.3, 0.4) is 0 Å². The number of fused-ring (bicyclic) bond motifs is 1. The molecule has 0 aromatic carbocycles. The van der Waals surface area contributed by atoms with E-state index in [1.807, 2.05) is 0 Å². The third kappa shape index (κ3) is 3.08. The van der Waals surface area contributed by atoms with E-state index in [1.165, 1.54) is 29.7 Å². The van der Waals surface area contributed by atoms with Crippen molar-refractivity contribution in [2.45, 2.75) is 0 Å². The van der Waals surface area contributed by atoms with E-state index in [1.54, 1.807) is 5.38 Å². The number of hydrogen-bond acceptors (Lipinski definition) is 8. The van der Waals surface area contributed by atoms with Gasteiger partial charge in [0.25, 0.3) is 11.7 Å². The third-order valence-electron chi connectivity index (χ3n) is 2.90. The first-order valence-corrected chi connectivity index (χ1v) is 7.20. The van der Waals surface area contributed by atoms with Crippen LogP contribution in [0.2, 0.25) is 0 Å². The van der Waals surface area contributed by atoms with E-state index in [9.17, 15) is 19.7 Å². The molecule has 1 aliphatic rings. The number of carbonyl (C=O) groups excluding carboxylic acids is 2. The Labute approximate surface area is 132 Å². The fourth-order valence-electron chi connectivity index (χ4n) is 1.92. The molecule has 1 aliphatic heterocycles. The molecule has 0 bridgehead atoms. The van der Waals surface area contributed by atoms with Crippen LogP contribution in [-0.2, 0) is 9.59 Å². The van der Waals surface area contributed by atoms with Gasteiger partial charge in [-0.1, -0.05) is 0 Å². The van der Waals surface area contributed by atoms with Gasteiger partial charge < -0.3 is 20.2 Å². The number of amides is 2. The Morgan fingerprint density at radius 3 is 3.04 bits per heavy atom. The molecule has 3 heterocycles. The van der Waals surface area contributed by atoms with E-state index in [-0.39, 0.29) is 24.7 Å². The minimum atomic E-state index is -0.687. The molecule has 2 aromatic heterocycles. The van der Waals surface area contributed by atoms with Crippen LogP contribution in [0.1, 0.15) is 0 Å². The molecule has 10 nitrogen and oxygen atoms in total. The van der Waals surface area contributed by atoms with Gasteiger partial charge in [0.2, 0.25) is 5.91 Å². The number of thiazole rings is 1. The van der Waals surface area contributed by atoms with E-state index >= 15 is 0 Å². The van der Waals surface area contributed by atoms with E-state index in [4.69, 9.17) is 4.74 Å². The zero-order chi connectivity index (χ0) is 16.4. The van der Waals surface area contributed by atoms with E-state index in [0.717, 1.165) is 4.90 Å². The lowest BCUT2D eigenvalue weighted by atomic mass is 10.3. The number of nitrogens with one attached hydrogen (secondary N) is 1. The van der Waals surface area contributed by atoms with Crippen molar-refractivity contribution >= 4 is 39.9 Å². The summed E-state index contributed by atoms with van der Waals surface area (Å²) in [4.78, 5) is 42.9. The largest absolute Gasteiger partial charge is 0.477 e. The lowest BCUT2D eigenvalue weighted by Crippen LogP contribution is -2.44. The summed E-state index contributed by atoms with van der Waals surface area (Å²) < 4.78 is 5.17. The first kappa shape index (κ1) is 14.8. The Kier molecular flexibility index (Phi) is 3.85. The van der Waals surface area contributed by atoms with Gasteiger partial charge in [0.1, 0.15) is 6.54 Å². The van der Waals surface area contributed by atoms with Crippen molar-refractivity contribution in [2.24, 2.45) is 0 Å². The van der Waals surface area contributed by atoms with Crippen LogP contribution in [0, 0.1) is 10.1 Å². The van der Waals surface area contributed by atoms with Crippen molar-refractivity contribution in [2.75, 3.05) is 23.4 Å². The van der Waals surface area contributed by atoms with E-state index in [0.29, 0.717) is 5.13 Å². The van der Waals surface area contributed by atoms with Crippen LogP contribution in [0.4, 0.5) is 16.8 Å². The highest BCUT2D eigenvalue weighted by atomic mass is 32.1. The maximum Gasteiger partial charge on any atom is 0.366 e. The number of nitro groups is 1. The number of hydrogen-bond donors (Lipinski definition) is 1. The topological polar surface area (TPSA) is 128 Å². The molecular weight excluding hydrogens is 326 g/mol. The summed E-state index contributed by atoms with van der Waals surface area (Å²) in [7, 11) is 0. The second-order valence-electron chi connectivity index (χ2n) is 4.40. The molecule has 23 heavy (non-hydrogen) atoms. The lowest BCUT2D eigenvalue weighted by molar-refractivity contribution is -0.389. The second-order valence-corrected chi connectivity index (χ2v) is 5.30. The van der Waals surface area contributed by atoms with Crippen LogP contribution < -0.4 is 15.0 Å². The van der Waals surface area contributed by atoms with Gasteiger partial charge in [-0.3, -0.25) is 14.5 Å². The average molecular weight is 335 g/mol. The summed E-state index contributed by atoms with van der Waals surface area (Å²) in [6.45, 7) is -0.611. The maximum absolute atomic E-state index is 12.0. The highest BCUT2D eigenvalue weighted by Gasteiger charge is 2.33. The normalized spacial score (nSPS) is 13.2. The van der Waals surface area contributed by atoms with Gasteiger partial charge in [0.15, 0.2) is 17.5 Å². The molecule has 0 saturated heterocycles. The molecule has 0 unspecified atom stereocenters. The number of pyridine rings is 1. The maximum atomic E-state index is 12.0. The Hall–Kier alpha value is -3.08. The lowest BCUT2D eigenvalue weighted by Gasteiger charge is -2.24. The molecule has 0 fully saturated rings. The third-order valence-corrected chi connectivity index (χ3v) is 3.59. The standard InChI is InChI=1S/C12H9N5O5S/c18-9(15-12-13-3-4-23-12)5-16-10(19)6-22-7-1-2-8(17(20)21)14-11(7)16/h1-4H,5-6H2,(H,13,15,18). The van der Waals surface area contributed by atoms with Gasteiger partial charge in [-0.2, -0.15) is 0 Å². The number of ether oxygens (including phenoxy) is 1. The highest BCUT2D eigenvalue weighted by Crippen LogP contribution is 2.31. The fourth-order valence-corrected chi connectivity index (χ4v) is 2.46. The minimum Gasteiger partial charge on any atom is -0.477 e. The Balaban J connectivity index is 1.84. The highest BCUT2D eigenvalue weighted by molar-refractivity contribution is 7.13. The van der Waals surface area contributed by atoms with Crippen molar-refractivity contribution in [3.05, 3.63) is 33.8 Å². The molecule has 11 heteroatoms. The average Bonchev–Trinajstić information content (AvgIpc) is 3.02. The molecule has 0 saturated carbocycles. The van der Waals surface area contributed by atoms with Crippen molar-refractivity contribution in [1.82, 2.24) is 9.97 Å². The van der Waals surface area contributed by atoms with Crippen molar-refractivity contribution < 1.29 is 19.2 Å². The number of carbonyl (C=O) groups is 2. The predicted octanol–water partition coefficient (Wildman–Crippen LogP) is 0.810. The summed E-state index contributed by atoms with van der Waals surface area (Å²) in [5.74, 6) is -1.29. The van der Waals surface area contributed by atoms with Gasteiger partial charge in [0, 0.05) is 17.6 Å². The van der Waals surface area contributed by atoms with Gasteiger partial charge in [-0.25, -0.2) is 4.98 Å². The summed E-state index contributed by atoms with van der Waals surface area (Å²) in [6.07, 6.45) is 1.53. The van der Waals surface area contributed by atoms with Gasteiger partial charge in [0.05, 0.1) is 0 Å². The monoisotopic (exact) mass is 335 g/mol. The molecule has 118 valence electrons. The van der Waals surface area contributed by atoms with Crippen molar-refractivity contribution in [1.29, 1.82) is 0 Å². The zero-order valence-corrected chi connectivity index (χ0v) is 12.3. The zero-order valence-electron chi connectivity index (χ0n) is 11.5. The summed E-state index contributed by atoms with van der Waals surface area (Å²) in [6, 6.07) is 2.51. The van der Waals surface area contributed by atoms with Crippen LogP contribution in [0.5, 0.6) is 5.75 Å². The summed E-state index contributed by atoms with van der Waals surface area (Å²) in [5, 5.41) is 15.4. The first-order chi connectivity index (χ1) is 11.0. The molecule has 0 radical (unpaired) electrons. The number of nitrogens with zero attached hydrogens (tertiary/aromatic N) is 4. The van der Waals surface area contributed by atoms with Crippen molar-refractivity contribution in [3.63, 3.8) is 0 Å². The summed E-state index contributed by atoms with van der Waals surface area (Å²) in [5.41, 5.74) is 0. The van der Waals surface area contributed by atoms with Gasteiger partial charge >= 0.3 is 5.82 Å². The van der Waals surface area contributed by atoms with Gasteiger partial charge in [-0.05, 0) is 16.0 Å². The van der Waals surface area contributed by atoms with Crippen LogP contribution in [0.25, 0.3) is 0 Å². The quantitative estimate of drug-likeness (QED) is 0.647. The summed E-state index contributed by atoms with van der Waals surface area (Å²) >= 11 is 1.23. The predicted molar refractivity (Wildman–Crippen MR) is 79.5 cm³/mol. The number of anilines is 2. The second kappa shape index (κ2) is 5.96. The fraction of sp³-hybridized carbons (Fsp3) is 0.167. The Morgan fingerprint density at radius 1 is 1.52 bits per heavy atom.